The second kappa shape index (κ2) is 9.25. The summed E-state index contributed by atoms with van der Waals surface area (Å²) in [5, 5.41) is 8.48. The zero-order valence-corrected chi connectivity index (χ0v) is 18.4. The number of thioether (sulfide) groups is 1. The van der Waals surface area contributed by atoms with Crippen molar-refractivity contribution in [3.05, 3.63) is 149 Å². The van der Waals surface area contributed by atoms with Crippen molar-refractivity contribution in [3.63, 3.8) is 0 Å². The minimum Gasteiger partial charge on any atom is -0.262 e. The molecule has 0 bridgehead atoms. The van der Waals surface area contributed by atoms with Gasteiger partial charge in [0.2, 0.25) is 5.16 Å². The van der Waals surface area contributed by atoms with Crippen LogP contribution in [0.3, 0.4) is 0 Å². The number of benzene rings is 4. The van der Waals surface area contributed by atoms with Gasteiger partial charge in [-0.3, -0.25) is 5.10 Å². The number of nitrogens with one attached hydrogen (secondary N) is 1. The van der Waals surface area contributed by atoms with E-state index < -0.39 is 4.75 Å². The van der Waals surface area contributed by atoms with Crippen LogP contribution in [0.2, 0.25) is 0 Å². The Hall–Kier alpha value is -3.63. The molecule has 1 aromatic heterocycles. The first-order valence-electron chi connectivity index (χ1n) is 10.7. The van der Waals surface area contributed by atoms with E-state index in [1.807, 2.05) is 18.2 Å². The molecule has 0 aliphatic carbocycles. The Kier molecular flexibility index (Phi) is 5.86. The highest BCUT2D eigenvalue weighted by atomic mass is 32.2. The van der Waals surface area contributed by atoms with Crippen LogP contribution < -0.4 is 0 Å². The molecule has 5 rings (SSSR count). The predicted octanol–water partition coefficient (Wildman–Crippen LogP) is 6.48. The number of nitrogens with zero attached hydrogens (tertiary/aromatic N) is 2. The van der Waals surface area contributed by atoms with Crippen molar-refractivity contribution >= 4 is 11.8 Å². The van der Waals surface area contributed by atoms with Crippen LogP contribution in [-0.4, -0.2) is 15.2 Å². The summed E-state index contributed by atoms with van der Waals surface area (Å²) in [4.78, 5) is 4.86. The highest BCUT2D eigenvalue weighted by Gasteiger charge is 2.38. The van der Waals surface area contributed by atoms with E-state index in [0.29, 0.717) is 0 Å². The van der Waals surface area contributed by atoms with Crippen LogP contribution in [0.5, 0.6) is 0 Å². The number of hydrogen-bond donors (Lipinski definition) is 1. The lowest BCUT2D eigenvalue weighted by Crippen LogP contribution is -2.25. The minimum absolute atomic E-state index is 0.476. The van der Waals surface area contributed by atoms with Crippen molar-refractivity contribution < 1.29 is 0 Å². The third kappa shape index (κ3) is 4.10. The predicted molar refractivity (Wildman–Crippen MR) is 131 cm³/mol. The number of H-pyrrole nitrogens is 1. The highest BCUT2D eigenvalue weighted by molar-refractivity contribution is 8.00. The zero-order valence-electron chi connectivity index (χ0n) is 17.6. The van der Waals surface area contributed by atoms with Crippen molar-refractivity contribution in [1.82, 2.24) is 15.2 Å². The molecular formula is C28H23N3S. The van der Waals surface area contributed by atoms with Gasteiger partial charge in [0.1, 0.15) is 5.82 Å². The van der Waals surface area contributed by atoms with Gasteiger partial charge in [0, 0.05) is 6.42 Å². The summed E-state index contributed by atoms with van der Waals surface area (Å²) < 4.78 is -0.476. The van der Waals surface area contributed by atoms with Gasteiger partial charge in [-0.15, -0.1) is 5.10 Å². The molecular weight excluding hydrogens is 410 g/mol. The molecule has 0 amide bonds. The third-order valence-corrected chi connectivity index (χ3v) is 6.89. The molecule has 4 heteroatoms. The van der Waals surface area contributed by atoms with Gasteiger partial charge in [-0.05, 0) is 22.3 Å². The van der Waals surface area contributed by atoms with Gasteiger partial charge in [0.25, 0.3) is 0 Å². The molecule has 0 fully saturated rings. The summed E-state index contributed by atoms with van der Waals surface area (Å²) in [7, 11) is 0. The van der Waals surface area contributed by atoms with E-state index in [1.54, 1.807) is 11.8 Å². The van der Waals surface area contributed by atoms with Crippen molar-refractivity contribution in [2.24, 2.45) is 0 Å². The Labute approximate surface area is 192 Å². The fourth-order valence-corrected chi connectivity index (χ4v) is 5.31. The number of rotatable bonds is 7. The Balaban J connectivity index is 1.61. The van der Waals surface area contributed by atoms with Gasteiger partial charge in [-0.2, -0.15) is 0 Å². The maximum Gasteiger partial charge on any atom is 0.209 e. The molecule has 0 saturated heterocycles. The first-order valence-corrected chi connectivity index (χ1v) is 11.5. The lowest BCUT2D eigenvalue weighted by Gasteiger charge is -2.34. The molecule has 0 radical (unpaired) electrons. The van der Waals surface area contributed by atoms with Crippen molar-refractivity contribution in [2.75, 3.05) is 0 Å². The molecule has 0 aliphatic rings. The molecule has 0 saturated carbocycles. The second-order valence-electron chi connectivity index (χ2n) is 7.61. The maximum absolute atomic E-state index is 4.86. The summed E-state index contributed by atoms with van der Waals surface area (Å²) in [5.41, 5.74) is 4.78. The van der Waals surface area contributed by atoms with E-state index in [9.17, 15) is 0 Å². The molecule has 0 aliphatic heterocycles. The number of aromatic nitrogens is 3. The fourth-order valence-electron chi connectivity index (χ4n) is 4.02. The summed E-state index contributed by atoms with van der Waals surface area (Å²) in [6.45, 7) is 0. The molecule has 0 unspecified atom stereocenters. The molecule has 1 heterocycles. The van der Waals surface area contributed by atoms with E-state index in [0.717, 1.165) is 17.4 Å². The van der Waals surface area contributed by atoms with E-state index in [4.69, 9.17) is 4.98 Å². The molecule has 1 N–H and O–H groups in total. The molecule has 0 atom stereocenters. The lowest BCUT2D eigenvalue weighted by molar-refractivity contribution is 0.873. The van der Waals surface area contributed by atoms with Crippen LogP contribution in [0.25, 0.3) is 0 Å². The maximum atomic E-state index is 4.86. The summed E-state index contributed by atoms with van der Waals surface area (Å²) in [6, 6.07) is 42.2. The average molecular weight is 434 g/mol. The summed E-state index contributed by atoms with van der Waals surface area (Å²) >= 11 is 1.67. The van der Waals surface area contributed by atoms with Gasteiger partial charge in [-0.1, -0.05) is 133 Å². The highest BCUT2D eigenvalue weighted by Crippen LogP contribution is 2.50. The van der Waals surface area contributed by atoms with Crippen molar-refractivity contribution in [1.29, 1.82) is 0 Å². The van der Waals surface area contributed by atoms with E-state index >= 15 is 0 Å². The van der Waals surface area contributed by atoms with Crippen LogP contribution >= 0.6 is 11.8 Å². The van der Waals surface area contributed by atoms with Gasteiger partial charge >= 0.3 is 0 Å². The minimum atomic E-state index is -0.476. The smallest absolute Gasteiger partial charge is 0.209 e. The van der Waals surface area contributed by atoms with Crippen molar-refractivity contribution in [3.8, 4) is 0 Å². The molecule has 3 nitrogen and oxygen atoms in total. The third-order valence-electron chi connectivity index (χ3n) is 5.51. The van der Waals surface area contributed by atoms with Gasteiger partial charge in [-0.25, -0.2) is 4.98 Å². The fraction of sp³-hybridized carbons (Fsp3) is 0.0714. The van der Waals surface area contributed by atoms with Crippen LogP contribution in [0.4, 0.5) is 0 Å². The van der Waals surface area contributed by atoms with Crippen LogP contribution in [0.15, 0.2) is 126 Å². The summed E-state index contributed by atoms with van der Waals surface area (Å²) in [6.07, 6.45) is 0.726. The topological polar surface area (TPSA) is 41.6 Å². The van der Waals surface area contributed by atoms with Crippen LogP contribution in [-0.2, 0) is 11.2 Å². The van der Waals surface area contributed by atoms with E-state index in [1.165, 1.54) is 22.3 Å². The SMILES string of the molecule is c1ccc(Cc2nc(SC(c3ccccc3)(c3ccccc3)c3ccccc3)n[nH]2)cc1. The molecule has 5 aromatic rings. The Morgan fingerprint density at radius 1 is 0.594 bits per heavy atom. The molecule has 4 aromatic carbocycles. The quantitative estimate of drug-likeness (QED) is 0.236. The van der Waals surface area contributed by atoms with Crippen molar-refractivity contribution in [2.45, 2.75) is 16.3 Å². The second-order valence-corrected chi connectivity index (χ2v) is 8.79. The lowest BCUT2D eigenvalue weighted by atomic mass is 9.84. The zero-order chi connectivity index (χ0) is 21.6. The standard InChI is InChI=1S/C28H23N3S/c1-5-13-22(14-6-1)21-26-29-27(31-30-26)32-28(23-15-7-2-8-16-23,24-17-9-3-10-18-24)25-19-11-4-12-20-25/h1-20H,21H2,(H,29,30,31). The first kappa shape index (κ1) is 20.3. The average Bonchev–Trinajstić information content (AvgIpc) is 3.31. The van der Waals surface area contributed by atoms with E-state index in [-0.39, 0.29) is 0 Å². The monoisotopic (exact) mass is 433 g/mol. The van der Waals surface area contributed by atoms with Gasteiger partial charge in [0.05, 0.1) is 4.75 Å². The first-order chi connectivity index (χ1) is 15.8. The Morgan fingerprint density at radius 3 is 1.50 bits per heavy atom. The number of hydrogen-bond acceptors (Lipinski definition) is 3. The van der Waals surface area contributed by atoms with E-state index in [2.05, 4.69) is 113 Å². The van der Waals surface area contributed by atoms with Crippen LogP contribution in [0.1, 0.15) is 28.1 Å². The van der Waals surface area contributed by atoms with Crippen LogP contribution in [0, 0.1) is 0 Å². The Morgan fingerprint density at radius 2 is 1.03 bits per heavy atom. The molecule has 0 spiro atoms. The normalized spacial score (nSPS) is 11.4. The van der Waals surface area contributed by atoms with Gasteiger partial charge < -0.3 is 0 Å². The van der Waals surface area contributed by atoms with Gasteiger partial charge in [0.15, 0.2) is 0 Å². The Bertz CT molecular complexity index is 1160. The number of aromatic amines is 1. The molecule has 156 valence electrons. The molecule has 32 heavy (non-hydrogen) atoms. The largest absolute Gasteiger partial charge is 0.262 e. The summed E-state index contributed by atoms with van der Waals surface area (Å²) in [5.74, 6) is 0.863.